The van der Waals surface area contributed by atoms with E-state index in [2.05, 4.69) is 5.32 Å². The average Bonchev–Trinajstić information content (AvgIpc) is 2.36. The van der Waals surface area contributed by atoms with E-state index in [1.54, 1.807) is 23.9 Å². The van der Waals surface area contributed by atoms with E-state index < -0.39 is 0 Å². The quantitative estimate of drug-likeness (QED) is 0.660. The molecule has 94 valence electrons. The molecule has 0 saturated carbocycles. The van der Waals surface area contributed by atoms with Crippen molar-refractivity contribution < 1.29 is 4.79 Å². The van der Waals surface area contributed by atoms with E-state index in [-0.39, 0.29) is 11.9 Å². The van der Waals surface area contributed by atoms with Gasteiger partial charge in [-0.05, 0) is 30.9 Å². The van der Waals surface area contributed by atoms with E-state index in [0.29, 0.717) is 16.5 Å². The molecular weight excluding hydrogens is 277 g/mol. The van der Waals surface area contributed by atoms with Gasteiger partial charge >= 0.3 is 0 Å². The van der Waals surface area contributed by atoms with Crippen LogP contribution in [-0.4, -0.2) is 24.1 Å². The molecule has 0 fully saturated rings. The van der Waals surface area contributed by atoms with Gasteiger partial charge in [0.05, 0.1) is 10.6 Å². The van der Waals surface area contributed by atoms with Gasteiger partial charge in [-0.15, -0.1) is 23.4 Å². The Hall–Kier alpha value is -0.380. The number of nitrogens with one attached hydrogen (secondary N) is 1. The van der Waals surface area contributed by atoms with Crippen LogP contribution in [0.3, 0.4) is 0 Å². The summed E-state index contributed by atoms with van der Waals surface area (Å²) < 4.78 is 0. The summed E-state index contributed by atoms with van der Waals surface area (Å²) in [6.07, 6.45) is 2.76. The number of alkyl halides is 1. The van der Waals surface area contributed by atoms with E-state index >= 15 is 0 Å². The summed E-state index contributed by atoms with van der Waals surface area (Å²) in [5.74, 6) is 0.237. The molecule has 17 heavy (non-hydrogen) atoms. The molecule has 0 radical (unpaired) electrons. The number of hydrogen-bond acceptors (Lipinski definition) is 2. The van der Waals surface area contributed by atoms with Gasteiger partial charge in [-0.1, -0.05) is 18.5 Å². The molecule has 0 aliphatic rings. The zero-order valence-corrected chi connectivity index (χ0v) is 12.1. The second-order valence-corrected chi connectivity index (χ2v) is 5.17. The van der Waals surface area contributed by atoms with Crippen LogP contribution in [0.15, 0.2) is 23.1 Å². The molecule has 5 heteroatoms. The number of thioether (sulfide) groups is 1. The first kappa shape index (κ1) is 14.7. The van der Waals surface area contributed by atoms with Crippen molar-refractivity contribution in [1.29, 1.82) is 0 Å². The highest BCUT2D eigenvalue weighted by atomic mass is 35.5. The molecule has 0 aliphatic heterocycles. The van der Waals surface area contributed by atoms with Crippen LogP contribution in [0.4, 0.5) is 0 Å². The Morgan fingerprint density at radius 3 is 2.76 bits per heavy atom. The normalized spacial score (nSPS) is 12.2. The number of carbonyl (C=O) groups excluding carboxylic acids is 1. The van der Waals surface area contributed by atoms with Crippen molar-refractivity contribution >= 4 is 40.9 Å². The number of hydrogen-bond donors (Lipinski definition) is 1. The molecule has 0 aliphatic carbocycles. The molecule has 1 atom stereocenters. The maximum absolute atomic E-state index is 12.0. The maximum Gasteiger partial charge on any atom is 0.253 e. The maximum atomic E-state index is 12.0. The van der Waals surface area contributed by atoms with Crippen molar-refractivity contribution in [1.82, 2.24) is 5.32 Å². The third-order valence-electron chi connectivity index (χ3n) is 2.43. The molecule has 1 N–H and O–H groups in total. The Balaban J connectivity index is 2.87. The zero-order chi connectivity index (χ0) is 12.8. The summed E-state index contributed by atoms with van der Waals surface area (Å²) in [5.41, 5.74) is 0.502. The highest BCUT2D eigenvalue weighted by Crippen LogP contribution is 2.23. The number of benzene rings is 1. The molecule has 1 aromatic rings. The van der Waals surface area contributed by atoms with Gasteiger partial charge in [-0.2, -0.15) is 0 Å². The predicted octanol–water partition coefficient (Wildman–Crippen LogP) is 3.81. The molecule has 1 aromatic carbocycles. The first-order chi connectivity index (χ1) is 8.12. The average molecular weight is 292 g/mol. The number of carbonyl (C=O) groups is 1. The van der Waals surface area contributed by atoms with E-state index in [9.17, 15) is 4.79 Å². The van der Waals surface area contributed by atoms with Gasteiger partial charge in [-0.25, -0.2) is 0 Å². The largest absolute Gasteiger partial charge is 0.348 e. The number of rotatable bonds is 5. The Labute approximate surface area is 116 Å². The van der Waals surface area contributed by atoms with E-state index in [0.717, 1.165) is 11.3 Å². The minimum Gasteiger partial charge on any atom is -0.348 e. The fourth-order valence-electron chi connectivity index (χ4n) is 1.32. The molecule has 0 saturated heterocycles. The van der Waals surface area contributed by atoms with Crippen LogP contribution in [0, 0.1) is 0 Å². The highest BCUT2D eigenvalue weighted by Gasteiger charge is 2.14. The second kappa shape index (κ2) is 7.14. The first-order valence-corrected chi connectivity index (χ1v) is 7.46. The van der Waals surface area contributed by atoms with Crippen LogP contribution in [-0.2, 0) is 0 Å². The van der Waals surface area contributed by atoms with Crippen molar-refractivity contribution in [2.45, 2.75) is 24.3 Å². The van der Waals surface area contributed by atoms with Crippen LogP contribution in [0.25, 0.3) is 0 Å². The summed E-state index contributed by atoms with van der Waals surface area (Å²) in [6.45, 7) is 1.98. The third-order valence-corrected chi connectivity index (χ3v) is 3.86. The van der Waals surface area contributed by atoms with Gasteiger partial charge in [0.2, 0.25) is 0 Å². The highest BCUT2D eigenvalue weighted by molar-refractivity contribution is 7.98. The SMILES string of the molecule is CCC(CCl)NC(=O)c1cc(SC)ccc1Cl. The molecule has 1 amide bonds. The molecule has 0 spiro atoms. The summed E-state index contributed by atoms with van der Waals surface area (Å²) in [6, 6.07) is 5.41. The van der Waals surface area contributed by atoms with Gasteiger partial charge in [0.15, 0.2) is 0 Å². The Morgan fingerprint density at radius 2 is 2.24 bits per heavy atom. The predicted molar refractivity (Wildman–Crippen MR) is 75.5 cm³/mol. The van der Waals surface area contributed by atoms with Crippen molar-refractivity contribution in [3.05, 3.63) is 28.8 Å². The molecule has 1 rings (SSSR count). The van der Waals surface area contributed by atoms with E-state index in [1.165, 1.54) is 0 Å². The van der Waals surface area contributed by atoms with E-state index in [4.69, 9.17) is 23.2 Å². The Bertz CT molecular complexity index is 394. The van der Waals surface area contributed by atoms with Crippen LogP contribution >= 0.6 is 35.0 Å². The summed E-state index contributed by atoms with van der Waals surface area (Å²) in [7, 11) is 0. The second-order valence-electron chi connectivity index (χ2n) is 3.58. The van der Waals surface area contributed by atoms with Gasteiger partial charge < -0.3 is 5.32 Å². The lowest BCUT2D eigenvalue weighted by molar-refractivity contribution is 0.0939. The molecule has 0 aromatic heterocycles. The fourth-order valence-corrected chi connectivity index (χ4v) is 2.26. The van der Waals surface area contributed by atoms with Gasteiger partial charge in [0.1, 0.15) is 0 Å². The lowest BCUT2D eigenvalue weighted by Crippen LogP contribution is -2.35. The number of amides is 1. The van der Waals surface area contributed by atoms with Crippen molar-refractivity contribution in [2.24, 2.45) is 0 Å². The molecule has 0 heterocycles. The molecule has 2 nitrogen and oxygen atoms in total. The van der Waals surface area contributed by atoms with Gasteiger partial charge in [0.25, 0.3) is 5.91 Å². The van der Waals surface area contributed by atoms with Gasteiger partial charge in [0, 0.05) is 16.8 Å². The summed E-state index contributed by atoms with van der Waals surface area (Å²) >= 11 is 13.3. The Kier molecular flexibility index (Phi) is 6.17. The summed E-state index contributed by atoms with van der Waals surface area (Å²) in [4.78, 5) is 13.0. The summed E-state index contributed by atoms with van der Waals surface area (Å²) in [5, 5.41) is 3.32. The number of halogens is 2. The Morgan fingerprint density at radius 1 is 1.53 bits per heavy atom. The van der Waals surface area contributed by atoms with Crippen molar-refractivity contribution in [2.75, 3.05) is 12.1 Å². The standard InChI is InChI=1S/C12H15Cl2NOS/c1-3-8(7-13)15-12(16)10-6-9(17-2)4-5-11(10)14/h4-6,8H,3,7H2,1-2H3,(H,15,16). The molecule has 0 bridgehead atoms. The smallest absolute Gasteiger partial charge is 0.253 e. The minimum absolute atomic E-state index is 0.0156. The van der Waals surface area contributed by atoms with Crippen LogP contribution in [0.2, 0.25) is 5.02 Å². The van der Waals surface area contributed by atoms with Crippen LogP contribution in [0.1, 0.15) is 23.7 Å². The lowest BCUT2D eigenvalue weighted by atomic mass is 10.2. The van der Waals surface area contributed by atoms with Crippen molar-refractivity contribution in [3.8, 4) is 0 Å². The zero-order valence-electron chi connectivity index (χ0n) is 9.80. The van der Waals surface area contributed by atoms with Crippen molar-refractivity contribution in [3.63, 3.8) is 0 Å². The van der Waals surface area contributed by atoms with Crippen LogP contribution < -0.4 is 5.32 Å². The first-order valence-electron chi connectivity index (χ1n) is 5.32. The monoisotopic (exact) mass is 291 g/mol. The molecular formula is C12H15Cl2NOS. The topological polar surface area (TPSA) is 29.1 Å². The molecule has 1 unspecified atom stereocenters. The van der Waals surface area contributed by atoms with Gasteiger partial charge in [-0.3, -0.25) is 4.79 Å². The fraction of sp³-hybridized carbons (Fsp3) is 0.417. The lowest BCUT2D eigenvalue weighted by Gasteiger charge is -2.14. The minimum atomic E-state index is -0.168. The third kappa shape index (κ3) is 4.09. The van der Waals surface area contributed by atoms with E-state index in [1.807, 2.05) is 19.2 Å². The van der Waals surface area contributed by atoms with Crippen LogP contribution in [0.5, 0.6) is 0 Å².